The van der Waals surface area contributed by atoms with Crippen LogP contribution in [0, 0.1) is 13.8 Å². The summed E-state index contributed by atoms with van der Waals surface area (Å²) >= 11 is 1.53. The molecule has 0 radical (unpaired) electrons. The lowest BCUT2D eigenvalue weighted by Gasteiger charge is -2.23. The third kappa shape index (κ3) is 5.63. The van der Waals surface area contributed by atoms with Gasteiger partial charge in [0.25, 0.3) is 5.91 Å². The molecular formula is C23H28N4O2S. The Morgan fingerprint density at radius 3 is 2.67 bits per heavy atom. The van der Waals surface area contributed by atoms with E-state index in [1.54, 1.807) is 12.3 Å². The number of carbonyl (C=O) groups excluding carboxylic acids is 1. The number of carbonyl (C=O) groups is 1. The normalized spacial score (nSPS) is 10.8. The number of thioether (sulfide) groups is 1. The van der Waals surface area contributed by atoms with Crippen LogP contribution in [-0.2, 0) is 5.75 Å². The van der Waals surface area contributed by atoms with Gasteiger partial charge in [-0.2, -0.15) is 0 Å². The molecule has 0 aliphatic heterocycles. The molecule has 1 N–H and O–H groups in total. The van der Waals surface area contributed by atoms with Crippen LogP contribution in [0.3, 0.4) is 0 Å². The number of nitrogens with zero attached hydrogens (tertiary/aromatic N) is 3. The first kappa shape index (κ1) is 21.9. The zero-order valence-corrected chi connectivity index (χ0v) is 18.5. The third-order valence-electron chi connectivity index (χ3n) is 4.94. The molecular weight excluding hydrogens is 396 g/mol. The Balaban J connectivity index is 1.53. The number of amides is 1. The number of aromatic nitrogens is 2. The number of pyridine rings is 1. The molecule has 0 bridgehead atoms. The Morgan fingerprint density at radius 1 is 1.17 bits per heavy atom. The predicted octanol–water partition coefficient (Wildman–Crippen LogP) is 4.63. The number of para-hydroxylation sites is 1. The van der Waals surface area contributed by atoms with Gasteiger partial charge >= 0.3 is 0 Å². The average Bonchev–Trinajstić information content (AvgIpc) is 3.10. The van der Waals surface area contributed by atoms with Gasteiger partial charge in [-0.15, -0.1) is 11.8 Å². The smallest absolute Gasteiger partial charge is 0.254 e. The monoisotopic (exact) mass is 424 g/mol. The SMILES string of the molecule is CCN(CCCNC(=O)c1cccnc1SCc1c(C)noc1C)c1ccccc1. The second-order valence-corrected chi connectivity index (χ2v) is 7.94. The van der Waals surface area contributed by atoms with Crippen LogP contribution in [0.25, 0.3) is 0 Å². The van der Waals surface area contributed by atoms with Crippen LogP contribution in [0.1, 0.15) is 40.7 Å². The van der Waals surface area contributed by atoms with Gasteiger partial charge in [-0.25, -0.2) is 4.98 Å². The quantitative estimate of drug-likeness (QED) is 0.378. The van der Waals surface area contributed by atoms with Crippen molar-refractivity contribution in [3.8, 4) is 0 Å². The molecule has 1 aromatic carbocycles. The highest BCUT2D eigenvalue weighted by molar-refractivity contribution is 7.98. The van der Waals surface area contributed by atoms with Crippen molar-refractivity contribution >= 4 is 23.4 Å². The van der Waals surface area contributed by atoms with Gasteiger partial charge in [-0.05, 0) is 51.5 Å². The molecule has 30 heavy (non-hydrogen) atoms. The minimum absolute atomic E-state index is 0.0906. The molecule has 0 unspecified atom stereocenters. The van der Waals surface area contributed by atoms with Crippen molar-refractivity contribution in [3.05, 3.63) is 71.2 Å². The highest BCUT2D eigenvalue weighted by Crippen LogP contribution is 2.27. The second-order valence-electron chi connectivity index (χ2n) is 6.97. The molecule has 3 rings (SSSR count). The summed E-state index contributed by atoms with van der Waals surface area (Å²) in [5.74, 6) is 1.38. The first-order valence-corrected chi connectivity index (χ1v) is 11.2. The van der Waals surface area contributed by atoms with Crippen LogP contribution in [0.5, 0.6) is 0 Å². The van der Waals surface area contributed by atoms with Gasteiger partial charge in [0.1, 0.15) is 10.8 Å². The number of hydrogen-bond acceptors (Lipinski definition) is 6. The molecule has 158 valence electrons. The maximum absolute atomic E-state index is 12.7. The lowest BCUT2D eigenvalue weighted by molar-refractivity contribution is 0.0949. The van der Waals surface area contributed by atoms with E-state index in [9.17, 15) is 4.79 Å². The fourth-order valence-corrected chi connectivity index (χ4v) is 4.35. The van der Waals surface area contributed by atoms with Crippen molar-refractivity contribution in [1.82, 2.24) is 15.5 Å². The van der Waals surface area contributed by atoms with Gasteiger partial charge in [-0.1, -0.05) is 23.4 Å². The Bertz CT molecular complexity index is 939. The highest BCUT2D eigenvalue weighted by atomic mass is 32.2. The van der Waals surface area contributed by atoms with Crippen LogP contribution in [0.4, 0.5) is 5.69 Å². The van der Waals surface area contributed by atoms with Gasteiger partial charge in [0, 0.05) is 42.8 Å². The number of benzene rings is 1. The van der Waals surface area contributed by atoms with Gasteiger partial charge in [0.2, 0.25) is 0 Å². The fraction of sp³-hybridized carbons (Fsp3) is 0.348. The van der Waals surface area contributed by atoms with E-state index in [4.69, 9.17) is 4.52 Å². The standard InChI is InChI=1S/C23H28N4O2S/c1-4-27(19-10-6-5-7-11-19)15-9-14-24-22(28)20-12-8-13-25-23(20)30-16-21-17(2)26-29-18(21)3/h5-8,10-13H,4,9,14-16H2,1-3H3,(H,24,28). The summed E-state index contributed by atoms with van der Waals surface area (Å²) in [5.41, 5.74) is 3.74. The van der Waals surface area contributed by atoms with Gasteiger partial charge in [0.15, 0.2) is 0 Å². The van der Waals surface area contributed by atoms with Gasteiger partial charge < -0.3 is 14.7 Å². The first-order valence-electron chi connectivity index (χ1n) is 10.2. The zero-order valence-electron chi connectivity index (χ0n) is 17.7. The van der Waals surface area contributed by atoms with Crippen molar-refractivity contribution in [2.75, 3.05) is 24.5 Å². The third-order valence-corrected chi connectivity index (χ3v) is 5.98. The van der Waals surface area contributed by atoms with E-state index in [0.717, 1.165) is 41.6 Å². The van der Waals surface area contributed by atoms with Crippen LogP contribution < -0.4 is 10.2 Å². The van der Waals surface area contributed by atoms with Gasteiger partial charge in [-0.3, -0.25) is 4.79 Å². The summed E-state index contributed by atoms with van der Waals surface area (Å²) in [7, 11) is 0. The summed E-state index contributed by atoms with van der Waals surface area (Å²) in [6.07, 6.45) is 2.59. The highest BCUT2D eigenvalue weighted by Gasteiger charge is 2.15. The second kappa shape index (κ2) is 10.8. The molecule has 0 saturated heterocycles. The predicted molar refractivity (Wildman–Crippen MR) is 121 cm³/mol. The van der Waals surface area contributed by atoms with Crippen LogP contribution in [0.15, 0.2) is 58.2 Å². The van der Waals surface area contributed by atoms with E-state index in [-0.39, 0.29) is 5.91 Å². The van der Waals surface area contributed by atoms with E-state index in [0.29, 0.717) is 17.9 Å². The van der Waals surface area contributed by atoms with Crippen molar-refractivity contribution < 1.29 is 9.32 Å². The van der Waals surface area contributed by atoms with Crippen LogP contribution in [-0.4, -0.2) is 35.7 Å². The average molecular weight is 425 g/mol. The molecule has 3 aromatic rings. The summed E-state index contributed by atoms with van der Waals surface area (Å²) < 4.78 is 5.22. The largest absolute Gasteiger partial charge is 0.372 e. The van der Waals surface area contributed by atoms with Gasteiger partial charge in [0.05, 0.1) is 11.3 Å². The van der Waals surface area contributed by atoms with Crippen molar-refractivity contribution in [2.45, 2.75) is 38.0 Å². The minimum Gasteiger partial charge on any atom is -0.372 e. The lowest BCUT2D eigenvalue weighted by atomic mass is 10.2. The number of rotatable bonds is 10. The first-order chi connectivity index (χ1) is 14.6. The van der Waals surface area contributed by atoms with Crippen LogP contribution in [0.2, 0.25) is 0 Å². The molecule has 0 atom stereocenters. The van der Waals surface area contributed by atoms with E-state index < -0.39 is 0 Å². The summed E-state index contributed by atoms with van der Waals surface area (Å²) in [6, 6.07) is 13.9. The molecule has 0 spiro atoms. The number of hydrogen-bond donors (Lipinski definition) is 1. The molecule has 6 nitrogen and oxygen atoms in total. The minimum atomic E-state index is -0.0906. The molecule has 0 aliphatic rings. The summed E-state index contributed by atoms with van der Waals surface area (Å²) in [6.45, 7) is 8.41. The number of nitrogens with one attached hydrogen (secondary N) is 1. The Labute approximate surface area is 182 Å². The summed E-state index contributed by atoms with van der Waals surface area (Å²) in [4.78, 5) is 19.5. The Hall–Kier alpha value is -2.80. The molecule has 0 aliphatic carbocycles. The molecule has 7 heteroatoms. The van der Waals surface area contributed by atoms with Crippen LogP contribution >= 0.6 is 11.8 Å². The molecule has 2 aromatic heterocycles. The van der Waals surface area contributed by atoms with Crippen molar-refractivity contribution in [2.24, 2.45) is 0 Å². The maximum atomic E-state index is 12.7. The topological polar surface area (TPSA) is 71.3 Å². The molecule has 2 heterocycles. The maximum Gasteiger partial charge on any atom is 0.254 e. The molecule has 0 fully saturated rings. The van der Waals surface area contributed by atoms with Crippen molar-refractivity contribution in [1.29, 1.82) is 0 Å². The Kier molecular flexibility index (Phi) is 7.90. The fourth-order valence-electron chi connectivity index (χ4n) is 3.20. The zero-order chi connectivity index (χ0) is 21.3. The van der Waals surface area contributed by atoms with E-state index in [2.05, 4.69) is 39.4 Å². The van der Waals surface area contributed by atoms with E-state index in [1.807, 2.05) is 38.1 Å². The molecule has 0 saturated carbocycles. The number of anilines is 1. The van der Waals surface area contributed by atoms with E-state index in [1.165, 1.54) is 17.4 Å². The number of aryl methyl sites for hydroxylation is 2. The lowest BCUT2D eigenvalue weighted by Crippen LogP contribution is -2.30. The van der Waals surface area contributed by atoms with E-state index >= 15 is 0 Å². The Morgan fingerprint density at radius 2 is 1.97 bits per heavy atom. The molecule has 1 amide bonds. The van der Waals surface area contributed by atoms with Crippen molar-refractivity contribution in [3.63, 3.8) is 0 Å². The summed E-state index contributed by atoms with van der Waals surface area (Å²) in [5, 5.41) is 7.74.